The highest BCUT2D eigenvalue weighted by atomic mass is 32.2. The average molecular weight is 280 g/mol. The Morgan fingerprint density at radius 2 is 2.26 bits per heavy atom. The van der Waals surface area contributed by atoms with E-state index in [1.807, 2.05) is 25.1 Å². The van der Waals surface area contributed by atoms with Crippen LogP contribution in [0.3, 0.4) is 0 Å². The molecule has 19 heavy (non-hydrogen) atoms. The van der Waals surface area contributed by atoms with Gasteiger partial charge in [-0.25, -0.2) is 8.42 Å². The molecule has 0 unspecified atom stereocenters. The molecule has 1 aliphatic rings. The fourth-order valence-electron chi connectivity index (χ4n) is 2.03. The van der Waals surface area contributed by atoms with Gasteiger partial charge in [0.15, 0.2) is 0 Å². The summed E-state index contributed by atoms with van der Waals surface area (Å²) in [5, 5.41) is 8.48. The first-order valence-electron chi connectivity index (χ1n) is 6.15. The molecule has 0 radical (unpaired) electrons. The number of unbranched alkanes of at least 4 members (excludes halogenated alkanes) is 1. The summed E-state index contributed by atoms with van der Waals surface area (Å²) in [4.78, 5) is 0. The van der Waals surface area contributed by atoms with Crippen LogP contribution in [0, 0.1) is 18.3 Å². The van der Waals surface area contributed by atoms with Crippen LogP contribution >= 0.6 is 0 Å². The average Bonchev–Trinajstić information content (AvgIpc) is 2.37. The molecule has 5 nitrogen and oxygen atoms in total. The van der Waals surface area contributed by atoms with Crippen LogP contribution in [0.4, 0.5) is 5.69 Å². The zero-order valence-corrected chi connectivity index (χ0v) is 11.6. The molecule has 1 aromatic carbocycles. The molecule has 0 fully saturated rings. The van der Waals surface area contributed by atoms with Crippen molar-refractivity contribution in [2.75, 3.05) is 23.2 Å². The van der Waals surface area contributed by atoms with Crippen LogP contribution in [-0.2, 0) is 10.0 Å². The first-order chi connectivity index (χ1) is 9.04. The molecule has 2 rings (SSSR count). The molecule has 0 amide bonds. The highest BCUT2D eigenvalue weighted by molar-refractivity contribution is 7.92. The van der Waals surface area contributed by atoms with Gasteiger partial charge in [0.1, 0.15) is 12.4 Å². The fourth-order valence-corrected chi connectivity index (χ4v) is 3.57. The van der Waals surface area contributed by atoms with Crippen molar-refractivity contribution >= 4 is 15.7 Å². The van der Waals surface area contributed by atoms with Crippen molar-refractivity contribution in [3.8, 4) is 11.8 Å². The predicted octanol–water partition coefficient (Wildman–Crippen LogP) is 1.83. The molecule has 0 aliphatic carbocycles. The lowest BCUT2D eigenvalue weighted by atomic mass is 10.2. The van der Waals surface area contributed by atoms with Gasteiger partial charge in [-0.05, 0) is 31.0 Å². The Bertz CT molecular complexity index is 605. The predicted molar refractivity (Wildman–Crippen MR) is 72.7 cm³/mol. The maximum absolute atomic E-state index is 12.3. The standard InChI is InChI=1S/C13H16N2O3S/c1-11-4-5-12-13(10-11)18-8-7-15(12)19(16,17)9-3-2-6-14/h4-5,10H,2-3,7-9H2,1H3. The summed E-state index contributed by atoms with van der Waals surface area (Å²) in [7, 11) is -3.38. The third-order valence-corrected chi connectivity index (χ3v) is 4.82. The summed E-state index contributed by atoms with van der Waals surface area (Å²) in [5.74, 6) is 0.601. The number of nitriles is 1. The Morgan fingerprint density at radius 3 is 3.00 bits per heavy atom. The Hall–Kier alpha value is -1.74. The van der Waals surface area contributed by atoms with Gasteiger partial charge < -0.3 is 4.74 Å². The maximum Gasteiger partial charge on any atom is 0.235 e. The van der Waals surface area contributed by atoms with E-state index in [2.05, 4.69) is 0 Å². The van der Waals surface area contributed by atoms with Crippen molar-refractivity contribution < 1.29 is 13.2 Å². The third kappa shape index (κ3) is 2.99. The number of ether oxygens (including phenoxy) is 1. The first-order valence-corrected chi connectivity index (χ1v) is 7.76. The van der Waals surface area contributed by atoms with Gasteiger partial charge in [0.2, 0.25) is 10.0 Å². The van der Waals surface area contributed by atoms with Crippen LogP contribution < -0.4 is 9.04 Å². The van der Waals surface area contributed by atoms with E-state index >= 15 is 0 Å². The quantitative estimate of drug-likeness (QED) is 0.789. The van der Waals surface area contributed by atoms with E-state index in [-0.39, 0.29) is 12.2 Å². The fraction of sp³-hybridized carbons (Fsp3) is 0.462. The second-order valence-corrected chi connectivity index (χ2v) is 6.48. The summed E-state index contributed by atoms with van der Waals surface area (Å²) in [5.41, 5.74) is 1.62. The van der Waals surface area contributed by atoms with Crippen LogP contribution in [0.1, 0.15) is 18.4 Å². The van der Waals surface area contributed by atoms with Gasteiger partial charge >= 0.3 is 0 Å². The number of hydrogen-bond donors (Lipinski definition) is 0. The summed E-state index contributed by atoms with van der Waals surface area (Å²) in [6, 6.07) is 7.44. The minimum Gasteiger partial charge on any atom is -0.489 e. The minimum absolute atomic E-state index is 0.00607. The van der Waals surface area contributed by atoms with Crippen molar-refractivity contribution in [1.82, 2.24) is 0 Å². The van der Waals surface area contributed by atoms with Crippen LogP contribution in [0.15, 0.2) is 18.2 Å². The molecule has 102 valence electrons. The topological polar surface area (TPSA) is 70.4 Å². The number of hydrogen-bond acceptors (Lipinski definition) is 4. The van der Waals surface area contributed by atoms with E-state index in [9.17, 15) is 8.42 Å². The Balaban J connectivity index is 2.26. The van der Waals surface area contributed by atoms with Crippen molar-refractivity contribution in [2.45, 2.75) is 19.8 Å². The molecule has 0 spiro atoms. The van der Waals surface area contributed by atoms with Gasteiger partial charge in [0.25, 0.3) is 0 Å². The highest BCUT2D eigenvalue weighted by Crippen LogP contribution is 2.34. The number of anilines is 1. The Kier molecular flexibility index (Phi) is 3.96. The second-order valence-electron chi connectivity index (χ2n) is 4.47. The van der Waals surface area contributed by atoms with Gasteiger partial charge in [-0.1, -0.05) is 6.07 Å². The maximum atomic E-state index is 12.3. The highest BCUT2D eigenvalue weighted by Gasteiger charge is 2.27. The molecule has 0 bridgehead atoms. The smallest absolute Gasteiger partial charge is 0.235 e. The number of benzene rings is 1. The van der Waals surface area contributed by atoms with Gasteiger partial charge in [0.05, 0.1) is 24.1 Å². The number of sulfonamides is 1. The molecule has 6 heteroatoms. The second kappa shape index (κ2) is 5.49. The monoisotopic (exact) mass is 280 g/mol. The summed E-state index contributed by atoms with van der Waals surface area (Å²) < 4.78 is 31.4. The molecule has 1 aromatic rings. The van der Waals surface area contributed by atoms with E-state index in [0.717, 1.165) is 5.56 Å². The number of aryl methyl sites for hydroxylation is 1. The van der Waals surface area contributed by atoms with E-state index in [4.69, 9.17) is 10.00 Å². The van der Waals surface area contributed by atoms with Crippen molar-refractivity contribution in [3.05, 3.63) is 23.8 Å². The molecule has 1 aliphatic heterocycles. The molecule has 0 N–H and O–H groups in total. The van der Waals surface area contributed by atoms with E-state index in [1.165, 1.54) is 4.31 Å². The lowest BCUT2D eigenvalue weighted by molar-refractivity contribution is 0.315. The van der Waals surface area contributed by atoms with Crippen LogP contribution in [0.25, 0.3) is 0 Å². The van der Waals surface area contributed by atoms with E-state index in [0.29, 0.717) is 31.0 Å². The molecule has 0 saturated heterocycles. The number of nitrogens with zero attached hydrogens (tertiary/aromatic N) is 2. The summed E-state index contributed by atoms with van der Waals surface area (Å²) >= 11 is 0. The van der Waals surface area contributed by atoms with Gasteiger partial charge in [0, 0.05) is 6.42 Å². The molecular formula is C13H16N2O3S. The normalized spacial score (nSPS) is 14.4. The minimum atomic E-state index is -3.38. The Morgan fingerprint density at radius 1 is 1.47 bits per heavy atom. The number of fused-ring (bicyclic) bond motifs is 1. The van der Waals surface area contributed by atoms with Crippen molar-refractivity contribution in [2.24, 2.45) is 0 Å². The van der Waals surface area contributed by atoms with Crippen LogP contribution in [-0.4, -0.2) is 27.3 Å². The van der Waals surface area contributed by atoms with E-state index in [1.54, 1.807) is 6.07 Å². The first kappa shape index (κ1) is 13.7. The van der Waals surface area contributed by atoms with Gasteiger partial charge in [-0.15, -0.1) is 0 Å². The zero-order valence-electron chi connectivity index (χ0n) is 10.8. The summed E-state index contributed by atoms with van der Waals surface area (Å²) in [6.07, 6.45) is 0.613. The molecule has 0 aromatic heterocycles. The van der Waals surface area contributed by atoms with Gasteiger partial charge in [-0.3, -0.25) is 4.31 Å². The van der Waals surface area contributed by atoms with Crippen molar-refractivity contribution in [1.29, 1.82) is 5.26 Å². The SMILES string of the molecule is Cc1ccc2c(c1)OCCN2S(=O)(=O)CCCC#N. The van der Waals surface area contributed by atoms with Crippen LogP contribution in [0.2, 0.25) is 0 Å². The molecular weight excluding hydrogens is 264 g/mol. The third-order valence-electron chi connectivity index (χ3n) is 2.96. The lowest BCUT2D eigenvalue weighted by Gasteiger charge is -2.30. The lowest BCUT2D eigenvalue weighted by Crippen LogP contribution is -2.39. The zero-order chi connectivity index (χ0) is 13.9. The number of rotatable bonds is 4. The van der Waals surface area contributed by atoms with Crippen LogP contribution in [0.5, 0.6) is 5.75 Å². The Labute approximate surface area is 113 Å². The molecule has 0 atom stereocenters. The van der Waals surface area contributed by atoms with Crippen molar-refractivity contribution in [3.63, 3.8) is 0 Å². The van der Waals surface area contributed by atoms with Gasteiger partial charge in [-0.2, -0.15) is 5.26 Å². The molecule has 0 saturated carbocycles. The molecule has 1 heterocycles. The van der Waals surface area contributed by atoms with E-state index < -0.39 is 10.0 Å². The summed E-state index contributed by atoms with van der Waals surface area (Å²) in [6.45, 7) is 2.61. The largest absolute Gasteiger partial charge is 0.489 e.